The van der Waals surface area contributed by atoms with Crippen LogP contribution in [-0.4, -0.2) is 23.2 Å². The van der Waals surface area contributed by atoms with Crippen molar-refractivity contribution in [3.8, 4) is 0 Å². The molecule has 2 N–H and O–H groups in total. The molecule has 0 aromatic heterocycles. The van der Waals surface area contributed by atoms with Crippen LogP contribution in [0.15, 0.2) is 42.5 Å². The van der Waals surface area contributed by atoms with E-state index in [1.54, 1.807) is 12.1 Å². The fourth-order valence-corrected chi connectivity index (χ4v) is 4.04. The van der Waals surface area contributed by atoms with Crippen molar-refractivity contribution in [1.82, 2.24) is 5.32 Å². The molecule has 0 saturated heterocycles. The zero-order valence-corrected chi connectivity index (χ0v) is 15.5. The summed E-state index contributed by atoms with van der Waals surface area (Å²) in [6.07, 6.45) is 2.07. The first kappa shape index (κ1) is 18.9. The largest absolute Gasteiger partial charge is 0.391 e. The van der Waals surface area contributed by atoms with Crippen molar-refractivity contribution in [2.45, 2.75) is 50.7 Å². The van der Waals surface area contributed by atoms with Crippen LogP contribution in [0.3, 0.4) is 0 Å². The molecule has 3 unspecified atom stereocenters. The van der Waals surface area contributed by atoms with Crippen molar-refractivity contribution in [1.29, 1.82) is 0 Å². The number of nitrogens with one attached hydrogen (secondary N) is 1. The minimum Gasteiger partial charge on any atom is -0.391 e. The van der Waals surface area contributed by atoms with E-state index in [-0.39, 0.29) is 23.7 Å². The Bertz CT molecular complexity index is 795. The molecular weight excluding hydrogens is 353 g/mol. The Morgan fingerprint density at radius 2 is 2.04 bits per heavy atom. The minimum atomic E-state index is -0.594. The van der Waals surface area contributed by atoms with E-state index in [0.29, 0.717) is 23.4 Å². The molecule has 5 heteroatoms. The lowest BCUT2D eigenvalue weighted by Gasteiger charge is -2.34. The number of carbonyl (C=O) groups is 1. The first-order chi connectivity index (χ1) is 12.5. The standard InChI is InChI=1S/C21H23ClFNO2/c1-2-13-5-3-4-6-17(13)21(26)24-19-11-14(7-10-20(19)25)16-9-8-15(23)12-18(16)22/h3-6,8-9,12,14,19-20,25H,2,7,10-11H2,1H3,(H,24,26). The van der Waals surface area contributed by atoms with Crippen molar-refractivity contribution >= 4 is 17.5 Å². The molecule has 1 aliphatic rings. The van der Waals surface area contributed by atoms with Crippen LogP contribution in [0.25, 0.3) is 0 Å². The second-order valence-electron chi connectivity index (χ2n) is 6.83. The van der Waals surface area contributed by atoms with Crippen molar-refractivity contribution < 1.29 is 14.3 Å². The lowest BCUT2D eigenvalue weighted by Crippen LogP contribution is -2.46. The molecule has 0 heterocycles. The van der Waals surface area contributed by atoms with Gasteiger partial charge in [-0.05, 0) is 60.9 Å². The number of hydrogen-bond donors (Lipinski definition) is 2. The Labute approximate surface area is 158 Å². The molecule has 138 valence electrons. The first-order valence-corrected chi connectivity index (χ1v) is 9.39. The molecule has 0 radical (unpaired) electrons. The monoisotopic (exact) mass is 375 g/mol. The molecule has 1 saturated carbocycles. The Balaban J connectivity index is 1.75. The maximum absolute atomic E-state index is 13.3. The zero-order chi connectivity index (χ0) is 18.7. The summed E-state index contributed by atoms with van der Waals surface area (Å²) in [7, 11) is 0. The summed E-state index contributed by atoms with van der Waals surface area (Å²) in [5, 5.41) is 13.7. The maximum atomic E-state index is 13.3. The molecule has 3 rings (SSSR count). The van der Waals surface area contributed by atoms with Crippen LogP contribution < -0.4 is 5.32 Å². The molecule has 2 aromatic carbocycles. The van der Waals surface area contributed by atoms with Crippen LogP contribution >= 0.6 is 11.6 Å². The van der Waals surface area contributed by atoms with Crippen LogP contribution in [0.2, 0.25) is 5.02 Å². The summed E-state index contributed by atoms with van der Waals surface area (Å²) in [5.41, 5.74) is 2.49. The van der Waals surface area contributed by atoms with E-state index in [2.05, 4.69) is 5.32 Å². The van der Waals surface area contributed by atoms with Gasteiger partial charge in [0.15, 0.2) is 0 Å². The lowest BCUT2D eigenvalue weighted by atomic mass is 9.79. The topological polar surface area (TPSA) is 49.3 Å². The summed E-state index contributed by atoms with van der Waals surface area (Å²) >= 11 is 6.20. The SMILES string of the molecule is CCc1ccccc1C(=O)NC1CC(c2ccc(F)cc2Cl)CCC1O. The highest BCUT2D eigenvalue weighted by Gasteiger charge is 2.32. The first-order valence-electron chi connectivity index (χ1n) is 9.01. The van der Waals surface area contributed by atoms with Gasteiger partial charge in [0.05, 0.1) is 12.1 Å². The number of aliphatic hydroxyl groups excluding tert-OH is 1. The Morgan fingerprint density at radius 3 is 2.77 bits per heavy atom. The average molecular weight is 376 g/mol. The third-order valence-electron chi connectivity index (χ3n) is 5.18. The van der Waals surface area contributed by atoms with Gasteiger partial charge in [0.2, 0.25) is 0 Å². The molecule has 0 bridgehead atoms. The van der Waals surface area contributed by atoms with Gasteiger partial charge in [-0.1, -0.05) is 42.8 Å². The van der Waals surface area contributed by atoms with E-state index in [4.69, 9.17) is 11.6 Å². The third kappa shape index (κ3) is 4.08. The van der Waals surface area contributed by atoms with Gasteiger partial charge in [-0.3, -0.25) is 4.79 Å². The number of amides is 1. The van der Waals surface area contributed by atoms with Gasteiger partial charge in [-0.15, -0.1) is 0 Å². The zero-order valence-electron chi connectivity index (χ0n) is 14.7. The Hall–Kier alpha value is -1.91. The fourth-order valence-electron chi connectivity index (χ4n) is 3.72. The smallest absolute Gasteiger partial charge is 0.251 e. The highest BCUT2D eigenvalue weighted by Crippen LogP contribution is 2.37. The van der Waals surface area contributed by atoms with Gasteiger partial charge in [-0.2, -0.15) is 0 Å². The van der Waals surface area contributed by atoms with E-state index >= 15 is 0 Å². The second-order valence-corrected chi connectivity index (χ2v) is 7.24. The lowest BCUT2D eigenvalue weighted by molar-refractivity contribution is 0.0678. The molecule has 0 spiro atoms. The fraction of sp³-hybridized carbons (Fsp3) is 0.381. The molecule has 1 aliphatic carbocycles. The van der Waals surface area contributed by atoms with Crippen LogP contribution in [0.1, 0.15) is 53.6 Å². The molecular formula is C21H23ClFNO2. The van der Waals surface area contributed by atoms with E-state index in [1.807, 2.05) is 25.1 Å². The predicted octanol–water partition coefficient (Wildman–Crippen LogP) is 4.47. The summed E-state index contributed by atoms with van der Waals surface area (Å²) < 4.78 is 13.3. The number of rotatable bonds is 4. The van der Waals surface area contributed by atoms with Crippen molar-refractivity contribution in [2.75, 3.05) is 0 Å². The van der Waals surface area contributed by atoms with Gasteiger partial charge in [0, 0.05) is 10.6 Å². The van der Waals surface area contributed by atoms with Gasteiger partial charge in [-0.25, -0.2) is 4.39 Å². The minimum absolute atomic E-state index is 0.0817. The Morgan fingerprint density at radius 1 is 1.27 bits per heavy atom. The molecule has 1 fully saturated rings. The third-order valence-corrected chi connectivity index (χ3v) is 5.50. The second kappa shape index (κ2) is 8.19. The summed E-state index contributed by atoms with van der Waals surface area (Å²) in [6, 6.07) is 11.6. The van der Waals surface area contributed by atoms with Gasteiger partial charge in [0.25, 0.3) is 5.91 Å². The highest BCUT2D eigenvalue weighted by molar-refractivity contribution is 6.31. The Kier molecular flexibility index (Phi) is 5.94. The number of benzene rings is 2. The number of aryl methyl sites for hydroxylation is 1. The van der Waals surface area contributed by atoms with Crippen LogP contribution in [-0.2, 0) is 6.42 Å². The van der Waals surface area contributed by atoms with Gasteiger partial charge < -0.3 is 10.4 Å². The van der Waals surface area contributed by atoms with Crippen molar-refractivity contribution in [3.63, 3.8) is 0 Å². The van der Waals surface area contributed by atoms with Crippen molar-refractivity contribution in [2.24, 2.45) is 0 Å². The van der Waals surface area contributed by atoms with Gasteiger partial charge >= 0.3 is 0 Å². The summed E-state index contributed by atoms with van der Waals surface area (Å²) in [6.45, 7) is 2.01. The quantitative estimate of drug-likeness (QED) is 0.828. The normalized spacial score (nSPS) is 22.8. The van der Waals surface area contributed by atoms with Crippen LogP contribution in [0.4, 0.5) is 4.39 Å². The molecule has 3 atom stereocenters. The van der Waals surface area contributed by atoms with Crippen LogP contribution in [0, 0.1) is 5.82 Å². The van der Waals surface area contributed by atoms with E-state index < -0.39 is 6.10 Å². The average Bonchev–Trinajstić information content (AvgIpc) is 2.63. The summed E-state index contributed by atoms with van der Waals surface area (Å²) in [5.74, 6) is -0.453. The number of carbonyl (C=O) groups excluding carboxylic acids is 1. The number of hydrogen-bond acceptors (Lipinski definition) is 2. The molecule has 26 heavy (non-hydrogen) atoms. The van der Waals surface area contributed by atoms with Crippen LogP contribution in [0.5, 0.6) is 0 Å². The summed E-state index contributed by atoms with van der Waals surface area (Å²) in [4.78, 5) is 12.7. The van der Waals surface area contributed by atoms with Gasteiger partial charge in [0.1, 0.15) is 5.82 Å². The molecule has 1 amide bonds. The van der Waals surface area contributed by atoms with E-state index in [9.17, 15) is 14.3 Å². The number of aliphatic hydroxyl groups is 1. The van der Waals surface area contributed by atoms with Crippen molar-refractivity contribution in [3.05, 3.63) is 70.0 Å². The highest BCUT2D eigenvalue weighted by atomic mass is 35.5. The maximum Gasteiger partial charge on any atom is 0.251 e. The molecule has 0 aliphatic heterocycles. The molecule has 3 nitrogen and oxygen atoms in total. The number of halogens is 2. The molecule has 2 aromatic rings. The van der Waals surface area contributed by atoms with E-state index in [1.165, 1.54) is 12.1 Å². The predicted molar refractivity (Wildman–Crippen MR) is 101 cm³/mol. The van der Waals surface area contributed by atoms with E-state index in [0.717, 1.165) is 24.0 Å².